The lowest BCUT2D eigenvalue weighted by atomic mass is 9.33. The molecule has 1 heterocycles. The highest BCUT2D eigenvalue weighted by molar-refractivity contribution is 5.76. The number of piperazine rings is 1. The van der Waals surface area contributed by atoms with Crippen LogP contribution in [-0.4, -0.2) is 67.9 Å². The molecule has 5 aliphatic carbocycles. The van der Waals surface area contributed by atoms with Crippen LogP contribution in [-0.2, 0) is 14.3 Å². The molecule has 7 heteroatoms. The number of nitrogens with zero attached hydrogens (tertiary/aromatic N) is 2. The van der Waals surface area contributed by atoms with E-state index in [9.17, 15) is 14.7 Å². The topological polar surface area (TPSA) is 79.3 Å². The number of ether oxygens (including phenoxy) is 2. The monoisotopic (exact) mass is 717 g/mol. The Labute approximate surface area is 314 Å². The van der Waals surface area contributed by atoms with Gasteiger partial charge in [0.15, 0.2) is 0 Å². The SMILES string of the molecule is COc1ccccc1N1CCN(CC2(C)CC[C@]3(C)CC[C@]4(C)C(=CCC5[C@@]6(C)C(OC(=O)CCC(=O)O)CCC(C)(C)C6CC[C@]54C)[C@@H]3C2)CC1. The molecule has 0 aromatic heterocycles. The summed E-state index contributed by atoms with van der Waals surface area (Å²) < 4.78 is 12.1. The summed E-state index contributed by atoms with van der Waals surface area (Å²) in [5.41, 5.74) is 3.89. The summed E-state index contributed by atoms with van der Waals surface area (Å²) in [6.45, 7) is 23.3. The van der Waals surface area contributed by atoms with Crippen LogP contribution in [0.4, 0.5) is 5.69 Å². The maximum atomic E-state index is 13.1. The van der Waals surface area contributed by atoms with Crippen molar-refractivity contribution in [2.24, 2.45) is 50.2 Å². The average Bonchev–Trinajstić information content (AvgIpc) is 3.10. The number of aliphatic carboxylic acids is 1. The van der Waals surface area contributed by atoms with E-state index in [1.54, 1.807) is 12.7 Å². The Morgan fingerprint density at radius 2 is 1.56 bits per heavy atom. The maximum absolute atomic E-state index is 13.1. The van der Waals surface area contributed by atoms with E-state index in [1.165, 1.54) is 57.2 Å². The summed E-state index contributed by atoms with van der Waals surface area (Å²) in [7, 11) is 1.77. The van der Waals surface area contributed by atoms with Gasteiger partial charge in [-0.2, -0.15) is 0 Å². The fourth-order valence-corrected chi connectivity index (χ4v) is 13.7. The predicted octanol–water partition coefficient (Wildman–Crippen LogP) is 9.40. The van der Waals surface area contributed by atoms with Crippen molar-refractivity contribution in [1.29, 1.82) is 0 Å². The first-order valence-electron chi connectivity index (χ1n) is 20.7. The van der Waals surface area contributed by atoms with E-state index < -0.39 is 5.97 Å². The molecule has 4 saturated carbocycles. The molecular formula is C45H68N2O5. The standard InChI is InChI=1S/C45H68N2O5/c1-40(2)19-18-37(52-39(50)16-15-38(48)49)45(7)35(40)17-20-44(6)36(45)14-13-31-32-29-41(3,21-22-42(32,4)23-24-43(31,44)5)30-46-25-27-47(28-26-46)33-11-9-10-12-34(33)51-8/h9-13,32,35-37H,14-30H2,1-8H3,(H,48,49)/t32-,35?,36?,37?,41?,42+,43+,44+,45-/m0/s1. The maximum Gasteiger partial charge on any atom is 0.306 e. The molecule has 7 nitrogen and oxygen atoms in total. The minimum Gasteiger partial charge on any atom is -0.495 e. The van der Waals surface area contributed by atoms with Crippen LogP contribution in [0.2, 0.25) is 0 Å². The van der Waals surface area contributed by atoms with E-state index in [1.807, 2.05) is 0 Å². The number of hydrogen-bond acceptors (Lipinski definition) is 6. The number of anilines is 1. The molecule has 0 radical (unpaired) electrons. The molecule has 9 atom stereocenters. The minimum absolute atomic E-state index is 0.0455. The number of hydrogen-bond donors (Lipinski definition) is 1. The minimum atomic E-state index is -0.941. The first-order valence-corrected chi connectivity index (χ1v) is 20.7. The van der Waals surface area contributed by atoms with Crippen molar-refractivity contribution >= 4 is 17.6 Å². The molecule has 5 fully saturated rings. The number of carbonyl (C=O) groups is 2. The predicted molar refractivity (Wildman–Crippen MR) is 207 cm³/mol. The van der Waals surface area contributed by atoms with Gasteiger partial charge < -0.3 is 19.5 Å². The summed E-state index contributed by atoms with van der Waals surface area (Å²) in [5.74, 6) is 1.18. The molecule has 1 saturated heterocycles. The second-order valence-electron chi connectivity index (χ2n) is 20.2. The quantitative estimate of drug-likeness (QED) is 0.212. The summed E-state index contributed by atoms with van der Waals surface area (Å²) >= 11 is 0. The zero-order chi connectivity index (χ0) is 37.3. The number of methoxy groups -OCH3 is 1. The Morgan fingerprint density at radius 3 is 2.27 bits per heavy atom. The van der Waals surface area contributed by atoms with E-state index in [0.717, 1.165) is 51.2 Å². The number of para-hydroxylation sites is 2. The molecule has 1 aromatic carbocycles. The third-order valence-electron chi connectivity index (χ3n) is 17.0. The van der Waals surface area contributed by atoms with Gasteiger partial charge in [0, 0.05) is 38.1 Å². The molecule has 0 bridgehead atoms. The lowest BCUT2D eigenvalue weighted by Crippen LogP contribution is -2.66. The van der Waals surface area contributed by atoms with Gasteiger partial charge in [-0.25, -0.2) is 0 Å². The van der Waals surface area contributed by atoms with Gasteiger partial charge in [0.2, 0.25) is 0 Å². The van der Waals surface area contributed by atoms with Crippen LogP contribution >= 0.6 is 0 Å². The number of carboxylic acids is 1. The third-order valence-corrected chi connectivity index (χ3v) is 17.0. The van der Waals surface area contributed by atoms with Gasteiger partial charge in [0.05, 0.1) is 25.6 Å². The fourth-order valence-electron chi connectivity index (χ4n) is 13.7. The molecule has 7 rings (SSSR count). The summed E-state index contributed by atoms with van der Waals surface area (Å²) in [4.78, 5) is 29.7. The highest BCUT2D eigenvalue weighted by Gasteiger charge is 2.69. The van der Waals surface area contributed by atoms with E-state index in [4.69, 9.17) is 9.47 Å². The highest BCUT2D eigenvalue weighted by Crippen LogP contribution is 2.76. The van der Waals surface area contributed by atoms with E-state index in [2.05, 4.69) is 88.6 Å². The van der Waals surface area contributed by atoms with Crippen LogP contribution in [0.25, 0.3) is 0 Å². The second-order valence-corrected chi connectivity index (χ2v) is 20.2. The number of carboxylic acid groups (broad SMARTS) is 1. The molecule has 1 N–H and O–H groups in total. The van der Waals surface area contributed by atoms with E-state index in [0.29, 0.717) is 28.6 Å². The molecule has 288 valence electrons. The van der Waals surface area contributed by atoms with Crippen molar-refractivity contribution in [1.82, 2.24) is 4.90 Å². The lowest BCUT2D eigenvalue weighted by Gasteiger charge is -2.71. The van der Waals surface area contributed by atoms with Crippen LogP contribution in [0.5, 0.6) is 5.75 Å². The van der Waals surface area contributed by atoms with E-state index >= 15 is 0 Å². The van der Waals surface area contributed by atoms with Gasteiger partial charge >= 0.3 is 11.9 Å². The number of esters is 1. The zero-order valence-corrected chi connectivity index (χ0v) is 33.7. The van der Waals surface area contributed by atoms with Crippen molar-refractivity contribution in [2.45, 2.75) is 132 Å². The van der Waals surface area contributed by atoms with Gasteiger partial charge in [-0.3, -0.25) is 14.5 Å². The van der Waals surface area contributed by atoms with Crippen LogP contribution in [0.15, 0.2) is 35.9 Å². The Bertz CT molecular complexity index is 1560. The Hall–Kier alpha value is -2.54. The van der Waals surface area contributed by atoms with Crippen molar-refractivity contribution in [3.8, 4) is 5.75 Å². The molecule has 0 spiro atoms. The molecule has 1 aliphatic heterocycles. The molecule has 52 heavy (non-hydrogen) atoms. The van der Waals surface area contributed by atoms with E-state index in [-0.39, 0.29) is 46.6 Å². The molecule has 6 aliphatic rings. The largest absolute Gasteiger partial charge is 0.495 e. The van der Waals surface area contributed by atoms with Crippen LogP contribution < -0.4 is 9.64 Å². The number of allylic oxidation sites excluding steroid dienone is 2. The Balaban J connectivity index is 1.12. The normalized spacial score (nSPS) is 41.4. The molecule has 1 aromatic rings. The molecule has 0 amide bonds. The summed E-state index contributed by atoms with van der Waals surface area (Å²) in [6.07, 6.45) is 14.1. The smallest absolute Gasteiger partial charge is 0.306 e. The Morgan fingerprint density at radius 1 is 0.846 bits per heavy atom. The number of benzene rings is 1. The van der Waals surface area contributed by atoms with Crippen molar-refractivity contribution in [2.75, 3.05) is 44.7 Å². The highest BCUT2D eigenvalue weighted by atomic mass is 16.5. The van der Waals surface area contributed by atoms with Gasteiger partial charge in [-0.15, -0.1) is 0 Å². The number of carbonyl (C=O) groups excluding carboxylic acids is 1. The second kappa shape index (κ2) is 13.3. The fraction of sp³-hybridized carbons (Fsp3) is 0.778. The average molecular weight is 717 g/mol. The van der Waals surface area contributed by atoms with Crippen LogP contribution in [0, 0.1) is 50.2 Å². The lowest BCUT2D eigenvalue weighted by molar-refractivity contribution is -0.229. The van der Waals surface area contributed by atoms with Crippen molar-refractivity contribution < 1.29 is 24.2 Å². The van der Waals surface area contributed by atoms with Gasteiger partial charge in [-0.05, 0) is 121 Å². The molecule has 4 unspecified atom stereocenters. The number of rotatable bonds is 8. The Kier molecular flexibility index (Phi) is 9.69. The van der Waals surface area contributed by atoms with Crippen LogP contribution in [0.3, 0.4) is 0 Å². The first kappa shape index (κ1) is 37.8. The number of fused-ring (bicyclic) bond motifs is 7. The van der Waals surface area contributed by atoms with Crippen LogP contribution in [0.1, 0.15) is 126 Å². The van der Waals surface area contributed by atoms with Gasteiger partial charge in [-0.1, -0.05) is 72.2 Å². The summed E-state index contributed by atoms with van der Waals surface area (Å²) in [6, 6.07) is 8.43. The first-order chi connectivity index (χ1) is 24.5. The summed E-state index contributed by atoms with van der Waals surface area (Å²) in [5, 5.41) is 9.26. The molecular weight excluding hydrogens is 649 g/mol. The van der Waals surface area contributed by atoms with Gasteiger partial charge in [0.25, 0.3) is 0 Å². The zero-order valence-electron chi connectivity index (χ0n) is 33.7. The third kappa shape index (κ3) is 6.11. The van der Waals surface area contributed by atoms with Crippen molar-refractivity contribution in [3.05, 3.63) is 35.9 Å². The van der Waals surface area contributed by atoms with Crippen molar-refractivity contribution in [3.63, 3.8) is 0 Å². The van der Waals surface area contributed by atoms with Gasteiger partial charge in [0.1, 0.15) is 11.9 Å².